The summed E-state index contributed by atoms with van der Waals surface area (Å²) in [6.45, 7) is 3.45. The first-order chi connectivity index (χ1) is 8.49. The molecule has 18 heavy (non-hydrogen) atoms. The molecule has 1 amide bonds. The Kier molecular flexibility index (Phi) is 4.38. The third-order valence-corrected chi connectivity index (χ3v) is 2.96. The predicted octanol–water partition coefficient (Wildman–Crippen LogP) is 2.78. The summed E-state index contributed by atoms with van der Waals surface area (Å²) in [7, 11) is 0. The van der Waals surface area contributed by atoms with E-state index in [-0.39, 0.29) is 0 Å². The average molecular weight is 252 g/mol. The smallest absolute Gasteiger partial charge is 0.258 e. The van der Waals surface area contributed by atoms with Crippen LogP contribution in [0.1, 0.15) is 37.0 Å². The summed E-state index contributed by atoms with van der Waals surface area (Å²) < 4.78 is 26.8. The van der Waals surface area contributed by atoms with Crippen LogP contribution in [0.3, 0.4) is 0 Å². The van der Waals surface area contributed by atoms with Gasteiger partial charge in [-0.15, -0.1) is 0 Å². The lowest BCUT2D eigenvalue weighted by Crippen LogP contribution is -2.46. The zero-order chi connectivity index (χ0) is 13.8. The summed E-state index contributed by atoms with van der Waals surface area (Å²) in [6, 6.07) is 5.16. The highest BCUT2D eigenvalue weighted by Gasteiger charge is 2.30. The van der Waals surface area contributed by atoms with Gasteiger partial charge in [0.05, 0.1) is 6.07 Å². The number of benzene rings is 1. The van der Waals surface area contributed by atoms with Crippen LogP contribution in [-0.2, 0) is 0 Å². The molecule has 0 radical (unpaired) electrons. The maximum atomic E-state index is 13.4. The van der Waals surface area contributed by atoms with E-state index < -0.39 is 28.6 Å². The van der Waals surface area contributed by atoms with Gasteiger partial charge in [0.2, 0.25) is 0 Å². The molecule has 0 saturated heterocycles. The van der Waals surface area contributed by atoms with Crippen molar-refractivity contribution >= 4 is 5.91 Å². The maximum absolute atomic E-state index is 13.4. The van der Waals surface area contributed by atoms with Crippen molar-refractivity contribution in [2.24, 2.45) is 0 Å². The van der Waals surface area contributed by atoms with Crippen molar-refractivity contribution in [3.63, 3.8) is 0 Å². The number of rotatable bonds is 4. The highest BCUT2D eigenvalue weighted by Crippen LogP contribution is 2.17. The van der Waals surface area contributed by atoms with Gasteiger partial charge in [-0.1, -0.05) is 19.9 Å². The molecule has 0 heterocycles. The van der Waals surface area contributed by atoms with Crippen molar-refractivity contribution in [1.82, 2.24) is 5.32 Å². The van der Waals surface area contributed by atoms with Crippen molar-refractivity contribution in [2.45, 2.75) is 32.2 Å². The molecule has 3 nitrogen and oxygen atoms in total. The summed E-state index contributed by atoms with van der Waals surface area (Å²) in [5.41, 5.74) is -1.75. The van der Waals surface area contributed by atoms with E-state index in [1.54, 1.807) is 13.8 Å². The number of nitrogens with zero attached hydrogens (tertiary/aromatic N) is 1. The monoisotopic (exact) mass is 252 g/mol. The SMILES string of the molecule is CCC(C#N)(CC)NC(=O)c1c(F)cccc1F. The molecule has 96 valence electrons. The first-order valence-electron chi connectivity index (χ1n) is 5.67. The number of hydrogen-bond acceptors (Lipinski definition) is 2. The number of nitrogens with one attached hydrogen (secondary N) is 1. The topological polar surface area (TPSA) is 52.9 Å². The Morgan fingerprint density at radius 2 is 1.83 bits per heavy atom. The molecule has 0 spiro atoms. The van der Waals surface area contributed by atoms with Gasteiger partial charge in [0.1, 0.15) is 22.7 Å². The Hall–Kier alpha value is -1.96. The molecule has 0 fully saturated rings. The molecular formula is C13H14F2N2O. The third kappa shape index (κ3) is 2.65. The van der Waals surface area contributed by atoms with Gasteiger partial charge in [0.15, 0.2) is 0 Å². The van der Waals surface area contributed by atoms with Crippen LogP contribution in [-0.4, -0.2) is 11.4 Å². The van der Waals surface area contributed by atoms with E-state index >= 15 is 0 Å². The van der Waals surface area contributed by atoms with Gasteiger partial charge in [-0.2, -0.15) is 5.26 Å². The fourth-order valence-corrected chi connectivity index (χ4v) is 1.61. The molecule has 0 bridgehead atoms. The van der Waals surface area contributed by atoms with Crippen molar-refractivity contribution in [1.29, 1.82) is 5.26 Å². The Balaban J connectivity index is 3.06. The molecule has 0 aromatic heterocycles. The molecule has 1 N–H and O–H groups in total. The number of carbonyl (C=O) groups excluding carboxylic acids is 1. The second-order valence-electron chi connectivity index (χ2n) is 3.95. The highest BCUT2D eigenvalue weighted by atomic mass is 19.1. The minimum Gasteiger partial charge on any atom is -0.334 e. The fourth-order valence-electron chi connectivity index (χ4n) is 1.61. The van der Waals surface area contributed by atoms with Crippen LogP contribution < -0.4 is 5.32 Å². The molecule has 1 rings (SSSR count). The number of amides is 1. The lowest BCUT2D eigenvalue weighted by molar-refractivity contribution is 0.0907. The second kappa shape index (κ2) is 5.58. The maximum Gasteiger partial charge on any atom is 0.258 e. The first-order valence-corrected chi connectivity index (χ1v) is 5.67. The summed E-state index contributed by atoms with van der Waals surface area (Å²) in [5.74, 6) is -2.78. The lowest BCUT2D eigenvalue weighted by Gasteiger charge is -2.25. The Labute approximate surface area is 104 Å². The van der Waals surface area contributed by atoms with Gasteiger partial charge in [-0.3, -0.25) is 4.79 Å². The van der Waals surface area contributed by atoms with Gasteiger partial charge in [0.25, 0.3) is 5.91 Å². The lowest BCUT2D eigenvalue weighted by atomic mass is 9.94. The standard InChI is InChI=1S/C13H14F2N2O/c1-3-13(4-2,8-16)17-12(18)11-9(14)6-5-7-10(11)15/h5-7H,3-4H2,1-2H3,(H,17,18). The molecule has 0 aliphatic rings. The van der Waals surface area contributed by atoms with Crippen LogP contribution in [0, 0.1) is 23.0 Å². The van der Waals surface area contributed by atoms with E-state index in [0.717, 1.165) is 12.1 Å². The molecular weight excluding hydrogens is 238 g/mol. The predicted molar refractivity (Wildman–Crippen MR) is 62.8 cm³/mol. The second-order valence-corrected chi connectivity index (χ2v) is 3.95. The van der Waals surface area contributed by atoms with E-state index in [1.165, 1.54) is 6.07 Å². The Morgan fingerprint density at radius 1 is 1.33 bits per heavy atom. The van der Waals surface area contributed by atoms with E-state index in [0.29, 0.717) is 12.8 Å². The number of halogens is 2. The van der Waals surface area contributed by atoms with Crippen molar-refractivity contribution in [3.8, 4) is 6.07 Å². The van der Waals surface area contributed by atoms with E-state index in [2.05, 4.69) is 5.32 Å². The quantitative estimate of drug-likeness (QED) is 0.895. The molecule has 0 aliphatic heterocycles. The zero-order valence-electron chi connectivity index (χ0n) is 10.3. The average Bonchev–Trinajstić information content (AvgIpc) is 2.36. The molecule has 0 atom stereocenters. The third-order valence-electron chi connectivity index (χ3n) is 2.96. The zero-order valence-corrected chi connectivity index (χ0v) is 10.3. The van der Waals surface area contributed by atoms with Gasteiger partial charge in [0, 0.05) is 0 Å². The summed E-state index contributed by atoms with van der Waals surface area (Å²) in [5, 5.41) is 11.5. The van der Waals surface area contributed by atoms with Crippen LogP contribution in [0.25, 0.3) is 0 Å². The van der Waals surface area contributed by atoms with Gasteiger partial charge < -0.3 is 5.32 Å². The molecule has 1 aromatic carbocycles. The van der Waals surface area contributed by atoms with E-state index in [9.17, 15) is 13.6 Å². The summed E-state index contributed by atoms with van der Waals surface area (Å²) in [6.07, 6.45) is 0.726. The van der Waals surface area contributed by atoms with Crippen molar-refractivity contribution in [2.75, 3.05) is 0 Å². The summed E-state index contributed by atoms with van der Waals surface area (Å²) >= 11 is 0. The van der Waals surface area contributed by atoms with Crippen LogP contribution >= 0.6 is 0 Å². The van der Waals surface area contributed by atoms with Crippen LogP contribution in [0.2, 0.25) is 0 Å². The molecule has 0 saturated carbocycles. The molecule has 0 unspecified atom stereocenters. The Bertz CT molecular complexity index is 470. The van der Waals surface area contributed by atoms with Gasteiger partial charge >= 0.3 is 0 Å². The largest absolute Gasteiger partial charge is 0.334 e. The highest BCUT2D eigenvalue weighted by molar-refractivity contribution is 5.95. The molecule has 0 aliphatic carbocycles. The van der Waals surface area contributed by atoms with Gasteiger partial charge in [-0.25, -0.2) is 8.78 Å². The molecule has 1 aromatic rings. The number of hydrogen-bond donors (Lipinski definition) is 1. The normalized spacial score (nSPS) is 10.8. The van der Waals surface area contributed by atoms with E-state index in [4.69, 9.17) is 5.26 Å². The number of nitriles is 1. The minimum absolute atomic E-state index is 0.363. The summed E-state index contributed by atoms with van der Waals surface area (Å²) in [4.78, 5) is 11.8. The minimum atomic E-state index is -1.09. The number of carbonyl (C=O) groups is 1. The van der Waals surface area contributed by atoms with Crippen LogP contribution in [0.4, 0.5) is 8.78 Å². The van der Waals surface area contributed by atoms with Crippen molar-refractivity contribution < 1.29 is 13.6 Å². The fraction of sp³-hybridized carbons (Fsp3) is 0.385. The van der Waals surface area contributed by atoms with Crippen LogP contribution in [0.15, 0.2) is 18.2 Å². The van der Waals surface area contributed by atoms with E-state index in [1.807, 2.05) is 6.07 Å². The van der Waals surface area contributed by atoms with Crippen molar-refractivity contribution in [3.05, 3.63) is 35.4 Å². The Morgan fingerprint density at radius 3 is 2.22 bits per heavy atom. The van der Waals surface area contributed by atoms with Crippen LogP contribution in [0.5, 0.6) is 0 Å². The molecule has 5 heteroatoms. The van der Waals surface area contributed by atoms with Gasteiger partial charge in [-0.05, 0) is 25.0 Å². The first kappa shape index (κ1) is 14.1.